The van der Waals surface area contributed by atoms with Gasteiger partial charge in [-0.15, -0.1) is 0 Å². The van der Waals surface area contributed by atoms with Crippen LogP contribution in [0.5, 0.6) is 5.75 Å². The fourth-order valence-corrected chi connectivity index (χ4v) is 6.15. The number of amides is 2. The smallest absolute Gasteiger partial charge is 0.244 e. The Morgan fingerprint density at radius 1 is 0.951 bits per heavy atom. The molecule has 0 spiro atoms. The van der Waals surface area contributed by atoms with Crippen molar-refractivity contribution in [1.82, 2.24) is 10.2 Å². The summed E-state index contributed by atoms with van der Waals surface area (Å²) in [5.74, 6) is -0.227. The Kier molecular flexibility index (Phi) is 10.0. The SMILES string of the molecule is COc1cccc(N(CC(=O)N(Cc2cccc(C)c2)[C@@H](Cc2ccccc2)C(=O)NC2CCCC2)S(C)(=O)=O)c1. The molecule has 2 amide bonds. The molecular formula is C32H39N3O5S. The molecule has 0 bridgehead atoms. The minimum Gasteiger partial charge on any atom is -0.497 e. The third-order valence-corrected chi connectivity index (χ3v) is 8.57. The van der Waals surface area contributed by atoms with Crippen LogP contribution in [0.4, 0.5) is 5.69 Å². The van der Waals surface area contributed by atoms with Gasteiger partial charge in [-0.2, -0.15) is 0 Å². The van der Waals surface area contributed by atoms with Gasteiger partial charge < -0.3 is 15.0 Å². The molecule has 0 heterocycles. The average molecular weight is 578 g/mol. The third-order valence-electron chi connectivity index (χ3n) is 7.43. The summed E-state index contributed by atoms with van der Waals surface area (Å²) in [6.07, 6.45) is 5.31. The number of benzene rings is 3. The molecule has 1 saturated carbocycles. The van der Waals surface area contributed by atoms with E-state index in [1.807, 2.05) is 61.5 Å². The highest BCUT2D eigenvalue weighted by Gasteiger charge is 2.34. The van der Waals surface area contributed by atoms with E-state index in [-0.39, 0.29) is 18.5 Å². The third kappa shape index (κ3) is 8.33. The standard InChI is InChI=1S/C32H39N3O5S/c1-24-11-9-14-26(19-24)22-34(31(36)23-35(41(3,38)39)28-17-10-18-29(21-28)40-2)30(20-25-12-5-4-6-13-25)32(37)33-27-15-7-8-16-27/h4-6,9-14,17-19,21,27,30H,7-8,15-16,20,22-23H2,1-3H3,(H,33,37)/t30-/m0/s1. The first-order valence-corrected chi connectivity index (χ1v) is 15.8. The van der Waals surface area contributed by atoms with E-state index >= 15 is 0 Å². The van der Waals surface area contributed by atoms with E-state index in [2.05, 4.69) is 5.32 Å². The number of rotatable bonds is 12. The van der Waals surface area contributed by atoms with E-state index in [0.717, 1.165) is 52.9 Å². The molecule has 0 aliphatic heterocycles. The highest BCUT2D eigenvalue weighted by Crippen LogP contribution is 2.25. The Morgan fingerprint density at radius 3 is 2.29 bits per heavy atom. The monoisotopic (exact) mass is 577 g/mol. The molecule has 4 rings (SSSR count). The molecule has 1 aliphatic carbocycles. The molecule has 0 saturated heterocycles. The summed E-state index contributed by atoms with van der Waals surface area (Å²) in [5, 5.41) is 3.18. The van der Waals surface area contributed by atoms with Gasteiger partial charge in [0.25, 0.3) is 0 Å². The maximum absolute atomic E-state index is 14.2. The Bertz CT molecular complexity index is 1440. The number of hydrogen-bond donors (Lipinski definition) is 1. The lowest BCUT2D eigenvalue weighted by atomic mass is 10.0. The summed E-state index contributed by atoms with van der Waals surface area (Å²) in [6.45, 7) is 1.67. The Morgan fingerprint density at radius 2 is 1.63 bits per heavy atom. The van der Waals surface area contributed by atoms with Crippen LogP contribution in [0, 0.1) is 6.92 Å². The number of carbonyl (C=O) groups is 2. The molecule has 218 valence electrons. The van der Waals surface area contributed by atoms with Crippen LogP contribution in [0.3, 0.4) is 0 Å². The highest BCUT2D eigenvalue weighted by atomic mass is 32.2. The maximum Gasteiger partial charge on any atom is 0.244 e. The number of nitrogens with one attached hydrogen (secondary N) is 1. The molecule has 0 radical (unpaired) electrons. The lowest BCUT2D eigenvalue weighted by molar-refractivity contribution is -0.140. The van der Waals surface area contributed by atoms with Gasteiger partial charge in [0.05, 0.1) is 19.1 Å². The average Bonchev–Trinajstić information content (AvgIpc) is 3.46. The summed E-state index contributed by atoms with van der Waals surface area (Å²) in [7, 11) is -2.35. The zero-order chi connectivity index (χ0) is 29.4. The van der Waals surface area contributed by atoms with Gasteiger partial charge in [0.1, 0.15) is 18.3 Å². The topological polar surface area (TPSA) is 96.0 Å². The molecule has 0 aromatic heterocycles. The Balaban J connectivity index is 1.73. The minimum atomic E-state index is -3.84. The number of sulfonamides is 1. The quantitative estimate of drug-likeness (QED) is 0.343. The minimum absolute atomic E-state index is 0.0704. The van der Waals surface area contributed by atoms with Gasteiger partial charge in [0.2, 0.25) is 21.8 Å². The van der Waals surface area contributed by atoms with E-state index in [1.165, 1.54) is 12.0 Å². The first-order chi connectivity index (χ1) is 19.6. The first-order valence-electron chi connectivity index (χ1n) is 13.9. The second-order valence-corrected chi connectivity index (χ2v) is 12.6. The van der Waals surface area contributed by atoms with Crippen molar-refractivity contribution in [2.75, 3.05) is 24.2 Å². The van der Waals surface area contributed by atoms with Crippen molar-refractivity contribution in [2.45, 2.75) is 57.7 Å². The van der Waals surface area contributed by atoms with Crippen LogP contribution in [0.15, 0.2) is 78.9 Å². The number of methoxy groups -OCH3 is 1. The van der Waals surface area contributed by atoms with Gasteiger partial charge in [-0.05, 0) is 43.0 Å². The second-order valence-electron chi connectivity index (χ2n) is 10.7. The molecule has 3 aromatic rings. The van der Waals surface area contributed by atoms with Gasteiger partial charge in [0, 0.05) is 25.1 Å². The van der Waals surface area contributed by atoms with Crippen molar-refractivity contribution >= 4 is 27.5 Å². The molecular weight excluding hydrogens is 538 g/mol. The predicted octanol–water partition coefficient (Wildman–Crippen LogP) is 4.47. The van der Waals surface area contributed by atoms with Crippen molar-refractivity contribution in [3.8, 4) is 5.75 Å². The van der Waals surface area contributed by atoms with Gasteiger partial charge in [-0.1, -0.05) is 79.1 Å². The van der Waals surface area contributed by atoms with Crippen LogP contribution in [0.2, 0.25) is 0 Å². The van der Waals surface area contributed by atoms with E-state index in [9.17, 15) is 18.0 Å². The Labute approximate surface area is 243 Å². The number of nitrogens with zero attached hydrogens (tertiary/aromatic N) is 2. The largest absolute Gasteiger partial charge is 0.497 e. The fraction of sp³-hybridized carbons (Fsp3) is 0.375. The molecule has 1 atom stereocenters. The van der Waals surface area contributed by atoms with Gasteiger partial charge in [-0.25, -0.2) is 8.42 Å². The summed E-state index contributed by atoms with van der Waals surface area (Å²) >= 11 is 0. The Hall–Kier alpha value is -3.85. The number of aryl methyl sites for hydroxylation is 1. The number of ether oxygens (including phenoxy) is 1. The molecule has 1 N–H and O–H groups in total. The molecule has 3 aromatic carbocycles. The van der Waals surface area contributed by atoms with Crippen molar-refractivity contribution in [3.05, 3.63) is 95.6 Å². The molecule has 1 fully saturated rings. The molecule has 1 aliphatic rings. The van der Waals surface area contributed by atoms with Crippen LogP contribution in [-0.2, 0) is 32.6 Å². The van der Waals surface area contributed by atoms with Gasteiger partial charge >= 0.3 is 0 Å². The van der Waals surface area contributed by atoms with Crippen molar-refractivity contribution in [3.63, 3.8) is 0 Å². The maximum atomic E-state index is 14.2. The van der Waals surface area contributed by atoms with Crippen LogP contribution >= 0.6 is 0 Å². The van der Waals surface area contributed by atoms with Crippen LogP contribution < -0.4 is 14.4 Å². The van der Waals surface area contributed by atoms with Crippen molar-refractivity contribution < 1.29 is 22.7 Å². The fourth-order valence-electron chi connectivity index (χ4n) is 5.31. The zero-order valence-electron chi connectivity index (χ0n) is 24.0. The summed E-state index contributed by atoms with van der Waals surface area (Å²) < 4.78 is 32.3. The highest BCUT2D eigenvalue weighted by molar-refractivity contribution is 7.92. The zero-order valence-corrected chi connectivity index (χ0v) is 24.8. The lowest BCUT2D eigenvalue weighted by Gasteiger charge is -2.34. The number of carbonyl (C=O) groups excluding carboxylic acids is 2. The second kappa shape index (κ2) is 13.7. The molecule has 8 nitrogen and oxygen atoms in total. The molecule has 41 heavy (non-hydrogen) atoms. The van der Waals surface area contributed by atoms with Crippen LogP contribution in [0.25, 0.3) is 0 Å². The molecule has 9 heteroatoms. The number of hydrogen-bond acceptors (Lipinski definition) is 5. The normalized spacial score (nSPS) is 14.3. The van der Waals surface area contributed by atoms with E-state index < -0.39 is 28.5 Å². The van der Waals surface area contributed by atoms with E-state index in [0.29, 0.717) is 17.9 Å². The van der Waals surface area contributed by atoms with Crippen LogP contribution in [0.1, 0.15) is 42.4 Å². The molecule has 0 unspecified atom stereocenters. The predicted molar refractivity (Wildman–Crippen MR) is 161 cm³/mol. The summed E-state index contributed by atoms with van der Waals surface area (Å²) in [4.78, 5) is 29.6. The van der Waals surface area contributed by atoms with Gasteiger partial charge in [-0.3, -0.25) is 13.9 Å². The van der Waals surface area contributed by atoms with Crippen LogP contribution in [-0.4, -0.2) is 57.1 Å². The van der Waals surface area contributed by atoms with E-state index in [4.69, 9.17) is 4.74 Å². The summed E-state index contributed by atoms with van der Waals surface area (Å²) in [5.41, 5.74) is 3.11. The van der Waals surface area contributed by atoms with Crippen molar-refractivity contribution in [1.29, 1.82) is 0 Å². The number of anilines is 1. The van der Waals surface area contributed by atoms with Crippen molar-refractivity contribution in [2.24, 2.45) is 0 Å². The first kappa shape index (κ1) is 30.1. The summed E-state index contributed by atoms with van der Waals surface area (Å²) in [6, 6.07) is 23.2. The lowest BCUT2D eigenvalue weighted by Crippen LogP contribution is -2.54. The van der Waals surface area contributed by atoms with Gasteiger partial charge in [0.15, 0.2) is 0 Å². The van der Waals surface area contributed by atoms with E-state index in [1.54, 1.807) is 24.3 Å².